The average molecular weight is 368 g/mol. The molecule has 0 fully saturated rings. The molecule has 0 bridgehead atoms. The number of hydrogen-bond donors (Lipinski definition) is 3. The van der Waals surface area contributed by atoms with Gasteiger partial charge in [-0.1, -0.05) is 0 Å². The Kier molecular flexibility index (Phi) is 5.24. The smallest absolute Gasteiger partial charge is 0.379 e. The van der Waals surface area contributed by atoms with Gasteiger partial charge in [-0.05, 0) is 35.0 Å². The summed E-state index contributed by atoms with van der Waals surface area (Å²) in [5.41, 5.74) is 3.93. The van der Waals surface area contributed by atoms with E-state index in [9.17, 15) is 23.5 Å². The fraction of sp³-hybridized carbons (Fsp3) is 0.333. The molecule has 1 aromatic rings. The van der Waals surface area contributed by atoms with E-state index in [2.05, 4.69) is 20.7 Å². The number of esters is 1. The lowest BCUT2D eigenvalue weighted by Crippen LogP contribution is -2.42. The molecule has 0 saturated heterocycles. The molecule has 9 heteroatoms. The standard InChI is InChI=1S/C12H12BrF2NO5/c1-2-21-11(20)12(14,15)9(16)7-5(10(18)19)3-4-6(13)8(7)17/h3-4,9,17H,2,16H2,1H3,(H,18,19)/t9-/m1/s1. The molecule has 0 aliphatic heterocycles. The second-order valence-corrected chi connectivity index (χ2v) is 4.84. The van der Waals surface area contributed by atoms with Crippen molar-refractivity contribution in [3.63, 3.8) is 0 Å². The van der Waals surface area contributed by atoms with Gasteiger partial charge < -0.3 is 20.7 Å². The third-order valence-electron chi connectivity index (χ3n) is 2.65. The highest BCUT2D eigenvalue weighted by molar-refractivity contribution is 9.10. The average Bonchev–Trinajstić information content (AvgIpc) is 2.40. The van der Waals surface area contributed by atoms with Crippen molar-refractivity contribution in [1.82, 2.24) is 0 Å². The van der Waals surface area contributed by atoms with E-state index in [1.807, 2.05) is 0 Å². The van der Waals surface area contributed by atoms with Crippen molar-refractivity contribution in [3.05, 3.63) is 27.7 Å². The van der Waals surface area contributed by atoms with E-state index in [0.29, 0.717) is 0 Å². The topological polar surface area (TPSA) is 110 Å². The Balaban J connectivity index is 3.41. The number of carboxylic acid groups (broad SMARTS) is 1. The third kappa shape index (κ3) is 3.30. The van der Waals surface area contributed by atoms with Gasteiger partial charge in [-0.15, -0.1) is 0 Å². The summed E-state index contributed by atoms with van der Waals surface area (Å²) in [6.07, 6.45) is 0. The molecule has 1 atom stereocenters. The van der Waals surface area contributed by atoms with Crippen molar-refractivity contribution in [2.24, 2.45) is 5.73 Å². The number of halogens is 3. The molecule has 116 valence electrons. The molecular weight excluding hydrogens is 356 g/mol. The van der Waals surface area contributed by atoms with Crippen LogP contribution in [-0.2, 0) is 9.53 Å². The summed E-state index contributed by atoms with van der Waals surface area (Å²) in [6.45, 7) is 1.04. The van der Waals surface area contributed by atoms with Gasteiger partial charge in [0.15, 0.2) is 0 Å². The van der Waals surface area contributed by atoms with Crippen LogP contribution in [-0.4, -0.2) is 34.7 Å². The van der Waals surface area contributed by atoms with Crippen molar-refractivity contribution in [1.29, 1.82) is 0 Å². The van der Waals surface area contributed by atoms with Gasteiger partial charge in [-0.3, -0.25) is 0 Å². The lowest BCUT2D eigenvalue weighted by atomic mass is 9.95. The number of carbonyl (C=O) groups is 2. The number of ether oxygens (including phenoxy) is 1. The van der Waals surface area contributed by atoms with E-state index in [0.717, 1.165) is 12.1 Å². The summed E-state index contributed by atoms with van der Waals surface area (Å²) in [4.78, 5) is 22.3. The van der Waals surface area contributed by atoms with E-state index in [-0.39, 0.29) is 11.1 Å². The van der Waals surface area contributed by atoms with Gasteiger partial charge in [0, 0.05) is 5.56 Å². The number of hydrogen-bond acceptors (Lipinski definition) is 5. The van der Waals surface area contributed by atoms with Crippen LogP contribution < -0.4 is 5.73 Å². The zero-order valence-corrected chi connectivity index (χ0v) is 12.4. The highest BCUT2D eigenvalue weighted by Crippen LogP contribution is 2.40. The highest BCUT2D eigenvalue weighted by Gasteiger charge is 2.50. The second-order valence-electron chi connectivity index (χ2n) is 3.98. The number of carboxylic acids is 1. The van der Waals surface area contributed by atoms with Crippen LogP contribution >= 0.6 is 15.9 Å². The first-order valence-corrected chi connectivity index (χ1v) is 6.49. The number of rotatable bonds is 5. The largest absolute Gasteiger partial charge is 0.506 e. The molecule has 0 heterocycles. The minimum Gasteiger partial charge on any atom is -0.506 e. The Hall–Kier alpha value is -1.74. The molecule has 0 unspecified atom stereocenters. The number of nitrogens with two attached hydrogens (primary N) is 1. The molecule has 6 nitrogen and oxygen atoms in total. The molecular formula is C12H12BrF2NO5. The molecule has 0 aliphatic carbocycles. The Labute approximate surface area is 126 Å². The van der Waals surface area contributed by atoms with Crippen molar-refractivity contribution in [2.45, 2.75) is 18.9 Å². The van der Waals surface area contributed by atoms with Gasteiger partial charge in [-0.2, -0.15) is 8.78 Å². The van der Waals surface area contributed by atoms with Gasteiger partial charge in [-0.25, -0.2) is 9.59 Å². The normalized spacial score (nSPS) is 12.8. The number of alkyl halides is 2. The molecule has 0 amide bonds. The van der Waals surface area contributed by atoms with E-state index in [1.54, 1.807) is 0 Å². The van der Waals surface area contributed by atoms with Crippen LogP contribution in [0.15, 0.2) is 16.6 Å². The maximum Gasteiger partial charge on any atom is 0.379 e. The van der Waals surface area contributed by atoms with Gasteiger partial charge in [0.25, 0.3) is 0 Å². The minimum absolute atomic E-state index is 0.0300. The van der Waals surface area contributed by atoms with Crippen LogP contribution in [0.4, 0.5) is 8.78 Å². The summed E-state index contributed by atoms with van der Waals surface area (Å²) in [5.74, 6) is -8.43. The number of benzene rings is 1. The molecule has 0 radical (unpaired) electrons. The Morgan fingerprint density at radius 2 is 2.05 bits per heavy atom. The molecule has 0 saturated carbocycles. The maximum absolute atomic E-state index is 13.9. The summed E-state index contributed by atoms with van der Waals surface area (Å²) in [6, 6.07) is -0.222. The summed E-state index contributed by atoms with van der Waals surface area (Å²) >= 11 is 2.87. The van der Waals surface area contributed by atoms with Crippen LogP contribution in [0.1, 0.15) is 28.9 Å². The van der Waals surface area contributed by atoms with Crippen molar-refractivity contribution in [2.75, 3.05) is 6.61 Å². The molecule has 0 spiro atoms. The number of phenols is 1. The summed E-state index contributed by atoms with van der Waals surface area (Å²) in [5, 5.41) is 18.8. The van der Waals surface area contributed by atoms with Gasteiger partial charge >= 0.3 is 17.9 Å². The Morgan fingerprint density at radius 3 is 2.52 bits per heavy atom. The zero-order chi connectivity index (χ0) is 16.4. The Morgan fingerprint density at radius 1 is 1.48 bits per heavy atom. The van der Waals surface area contributed by atoms with E-state index < -0.39 is 40.8 Å². The van der Waals surface area contributed by atoms with Gasteiger partial charge in [0.05, 0.1) is 16.6 Å². The van der Waals surface area contributed by atoms with Crippen LogP contribution in [0.2, 0.25) is 0 Å². The predicted octanol–water partition coefficient (Wildman–Crippen LogP) is 2.05. The number of aromatic hydroxyl groups is 1. The van der Waals surface area contributed by atoms with Crippen molar-refractivity contribution >= 4 is 27.9 Å². The lowest BCUT2D eigenvalue weighted by Gasteiger charge is -2.24. The molecule has 21 heavy (non-hydrogen) atoms. The summed E-state index contributed by atoms with van der Waals surface area (Å²) in [7, 11) is 0. The van der Waals surface area contributed by atoms with Crippen LogP contribution in [0, 0.1) is 0 Å². The lowest BCUT2D eigenvalue weighted by molar-refractivity contribution is -0.174. The number of aromatic carboxylic acids is 1. The van der Waals surface area contributed by atoms with Crippen LogP contribution in [0.25, 0.3) is 0 Å². The van der Waals surface area contributed by atoms with E-state index in [4.69, 9.17) is 10.8 Å². The molecule has 4 N–H and O–H groups in total. The van der Waals surface area contributed by atoms with Crippen LogP contribution in [0.3, 0.4) is 0 Å². The summed E-state index contributed by atoms with van der Waals surface area (Å²) < 4.78 is 32.0. The van der Waals surface area contributed by atoms with Gasteiger partial charge in [0.2, 0.25) is 0 Å². The first-order chi connectivity index (χ1) is 9.64. The zero-order valence-electron chi connectivity index (χ0n) is 10.8. The van der Waals surface area contributed by atoms with Gasteiger partial charge in [0.1, 0.15) is 11.8 Å². The minimum atomic E-state index is -4.20. The van der Waals surface area contributed by atoms with Crippen LogP contribution in [0.5, 0.6) is 5.75 Å². The molecule has 1 rings (SSSR count). The fourth-order valence-corrected chi connectivity index (χ4v) is 1.96. The van der Waals surface area contributed by atoms with Crippen molar-refractivity contribution < 1.29 is 33.3 Å². The molecule has 0 aliphatic rings. The first kappa shape index (κ1) is 17.3. The molecule has 1 aromatic carbocycles. The van der Waals surface area contributed by atoms with Crippen molar-refractivity contribution in [3.8, 4) is 5.75 Å². The fourth-order valence-electron chi connectivity index (χ4n) is 1.62. The van der Waals surface area contributed by atoms with E-state index in [1.165, 1.54) is 6.92 Å². The third-order valence-corrected chi connectivity index (χ3v) is 3.29. The molecule has 0 aromatic heterocycles. The number of carbonyl (C=O) groups excluding carboxylic acids is 1. The number of phenolic OH excluding ortho intramolecular Hbond substituents is 1. The van der Waals surface area contributed by atoms with E-state index >= 15 is 0 Å². The first-order valence-electron chi connectivity index (χ1n) is 5.69. The highest BCUT2D eigenvalue weighted by atomic mass is 79.9. The monoisotopic (exact) mass is 367 g/mol. The second kappa shape index (κ2) is 6.35. The predicted molar refractivity (Wildman–Crippen MR) is 71.3 cm³/mol. The maximum atomic E-state index is 13.9. The Bertz CT molecular complexity index is 579. The quantitative estimate of drug-likeness (QED) is 0.687. The SMILES string of the molecule is CCOC(=O)C(F)(F)[C@H](N)c1c(C(=O)O)ccc(Br)c1O.